The lowest BCUT2D eigenvalue weighted by Gasteiger charge is -2.12. The fourth-order valence-corrected chi connectivity index (χ4v) is 1.91. The molecule has 0 radical (unpaired) electrons. The Hall–Kier alpha value is -2.21. The highest BCUT2D eigenvalue weighted by Crippen LogP contribution is 2.11. The predicted octanol–water partition coefficient (Wildman–Crippen LogP) is 1.51. The molecule has 0 saturated carbocycles. The molecule has 0 aliphatic rings. The van der Waals surface area contributed by atoms with Crippen molar-refractivity contribution < 1.29 is 4.79 Å². The lowest BCUT2D eigenvalue weighted by atomic mass is 10.1. The molecular formula is C15H21N5O. The average Bonchev–Trinajstić information content (AvgIpc) is 2.99. The Balaban J connectivity index is 1.88. The van der Waals surface area contributed by atoms with E-state index < -0.39 is 0 Å². The van der Waals surface area contributed by atoms with E-state index in [2.05, 4.69) is 20.7 Å². The van der Waals surface area contributed by atoms with Crippen molar-refractivity contribution in [2.24, 2.45) is 5.92 Å². The van der Waals surface area contributed by atoms with Gasteiger partial charge in [-0.2, -0.15) is 5.10 Å². The van der Waals surface area contributed by atoms with Gasteiger partial charge >= 0.3 is 0 Å². The van der Waals surface area contributed by atoms with Crippen molar-refractivity contribution in [2.45, 2.75) is 20.4 Å². The van der Waals surface area contributed by atoms with Crippen LogP contribution in [0.5, 0.6) is 0 Å². The largest absolute Gasteiger partial charge is 0.326 e. The second-order valence-electron chi connectivity index (χ2n) is 4.99. The van der Waals surface area contributed by atoms with Gasteiger partial charge in [0.1, 0.15) is 12.7 Å². The van der Waals surface area contributed by atoms with E-state index in [1.54, 1.807) is 11.0 Å². The van der Waals surface area contributed by atoms with Crippen molar-refractivity contribution >= 4 is 11.6 Å². The molecule has 1 atom stereocenters. The highest BCUT2D eigenvalue weighted by atomic mass is 16.1. The Morgan fingerprint density at radius 2 is 2.10 bits per heavy atom. The van der Waals surface area contributed by atoms with Crippen LogP contribution in [-0.4, -0.2) is 33.8 Å². The number of hydrogen-bond donors (Lipinski definition) is 2. The topological polar surface area (TPSA) is 71.8 Å². The van der Waals surface area contributed by atoms with Crippen LogP contribution in [0.15, 0.2) is 36.9 Å². The minimum absolute atomic E-state index is 0.0278. The molecule has 6 heteroatoms. The molecule has 1 aromatic heterocycles. The zero-order valence-electron chi connectivity index (χ0n) is 12.4. The molecular weight excluding hydrogens is 266 g/mol. The van der Waals surface area contributed by atoms with Crippen molar-refractivity contribution in [3.8, 4) is 0 Å². The van der Waals surface area contributed by atoms with Crippen LogP contribution in [-0.2, 0) is 11.3 Å². The third kappa shape index (κ3) is 4.68. The molecule has 0 spiro atoms. The van der Waals surface area contributed by atoms with E-state index in [1.807, 2.05) is 38.1 Å². The highest BCUT2D eigenvalue weighted by molar-refractivity contribution is 5.92. The van der Waals surface area contributed by atoms with Crippen LogP contribution >= 0.6 is 0 Å². The van der Waals surface area contributed by atoms with E-state index in [4.69, 9.17) is 0 Å². The summed E-state index contributed by atoms with van der Waals surface area (Å²) < 4.78 is 1.76. The summed E-state index contributed by atoms with van der Waals surface area (Å²) in [6, 6.07) is 7.77. The van der Waals surface area contributed by atoms with Gasteiger partial charge in [-0.3, -0.25) is 4.79 Å². The third-order valence-electron chi connectivity index (χ3n) is 3.18. The normalized spacial score (nSPS) is 12.1. The van der Waals surface area contributed by atoms with Crippen molar-refractivity contribution in [3.63, 3.8) is 0 Å². The Morgan fingerprint density at radius 1 is 1.33 bits per heavy atom. The van der Waals surface area contributed by atoms with Gasteiger partial charge in [-0.25, -0.2) is 9.67 Å². The number of amides is 1. The molecule has 0 saturated heterocycles. The molecule has 2 aromatic rings. The first-order valence-corrected chi connectivity index (χ1v) is 7.12. The molecule has 1 amide bonds. The first-order valence-electron chi connectivity index (χ1n) is 7.12. The standard InChI is InChI=1S/C15H21N5O/c1-3-16-8-12(2)15(21)19-14-6-4-13(5-7-14)9-20-11-17-10-18-20/h4-7,10-12,16H,3,8-9H2,1-2H3,(H,19,21). The maximum atomic E-state index is 12.0. The van der Waals surface area contributed by atoms with E-state index in [-0.39, 0.29) is 11.8 Å². The Morgan fingerprint density at radius 3 is 2.71 bits per heavy atom. The fourth-order valence-electron chi connectivity index (χ4n) is 1.91. The molecule has 0 aliphatic carbocycles. The van der Waals surface area contributed by atoms with E-state index in [0.717, 1.165) is 17.8 Å². The van der Waals surface area contributed by atoms with Crippen LogP contribution in [0.3, 0.4) is 0 Å². The van der Waals surface area contributed by atoms with Crippen LogP contribution in [0.25, 0.3) is 0 Å². The number of hydrogen-bond acceptors (Lipinski definition) is 4. The number of carbonyl (C=O) groups excluding carboxylic acids is 1. The van der Waals surface area contributed by atoms with E-state index in [9.17, 15) is 4.79 Å². The van der Waals surface area contributed by atoms with Gasteiger partial charge in [0.15, 0.2) is 0 Å². The van der Waals surface area contributed by atoms with Gasteiger partial charge in [0.25, 0.3) is 0 Å². The number of aromatic nitrogens is 3. The molecule has 2 rings (SSSR count). The molecule has 1 aromatic carbocycles. The van der Waals surface area contributed by atoms with Crippen molar-refractivity contribution in [3.05, 3.63) is 42.5 Å². The zero-order valence-corrected chi connectivity index (χ0v) is 12.4. The number of anilines is 1. The highest BCUT2D eigenvalue weighted by Gasteiger charge is 2.12. The molecule has 6 nitrogen and oxygen atoms in total. The molecule has 112 valence electrons. The minimum Gasteiger partial charge on any atom is -0.326 e. The van der Waals surface area contributed by atoms with Gasteiger partial charge in [0.05, 0.1) is 6.54 Å². The lowest BCUT2D eigenvalue weighted by Crippen LogP contribution is -2.30. The monoisotopic (exact) mass is 287 g/mol. The maximum absolute atomic E-state index is 12.0. The zero-order chi connectivity index (χ0) is 15.1. The molecule has 0 bridgehead atoms. The van der Waals surface area contributed by atoms with Crippen LogP contribution in [0.2, 0.25) is 0 Å². The molecule has 2 N–H and O–H groups in total. The molecule has 1 heterocycles. The molecule has 21 heavy (non-hydrogen) atoms. The number of rotatable bonds is 7. The van der Waals surface area contributed by atoms with Crippen molar-refractivity contribution in [1.29, 1.82) is 0 Å². The van der Waals surface area contributed by atoms with Crippen molar-refractivity contribution in [1.82, 2.24) is 20.1 Å². The fraction of sp³-hybridized carbons (Fsp3) is 0.400. The van der Waals surface area contributed by atoms with E-state index >= 15 is 0 Å². The summed E-state index contributed by atoms with van der Waals surface area (Å²) in [7, 11) is 0. The minimum atomic E-state index is -0.0558. The Bertz CT molecular complexity index is 550. The summed E-state index contributed by atoms with van der Waals surface area (Å²) in [5.74, 6) is -0.0280. The molecule has 0 aliphatic heterocycles. The van der Waals surface area contributed by atoms with Crippen LogP contribution in [0, 0.1) is 5.92 Å². The number of carbonyl (C=O) groups is 1. The summed E-state index contributed by atoms with van der Waals surface area (Å²) >= 11 is 0. The first kappa shape index (κ1) is 15.2. The average molecular weight is 287 g/mol. The van der Waals surface area contributed by atoms with Gasteiger partial charge < -0.3 is 10.6 Å². The summed E-state index contributed by atoms with van der Waals surface area (Å²) in [6.45, 7) is 6.17. The Kier molecular flexibility index (Phi) is 5.45. The molecule has 0 fully saturated rings. The van der Waals surface area contributed by atoms with E-state index in [0.29, 0.717) is 13.1 Å². The van der Waals surface area contributed by atoms with E-state index in [1.165, 1.54) is 6.33 Å². The number of nitrogens with zero attached hydrogens (tertiary/aromatic N) is 3. The SMILES string of the molecule is CCNCC(C)C(=O)Nc1ccc(Cn2cncn2)cc1. The summed E-state index contributed by atoms with van der Waals surface area (Å²) in [6.07, 6.45) is 3.19. The summed E-state index contributed by atoms with van der Waals surface area (Å²) in [5.41, 5.74) is 1.92. The van der Waals surface area contributed by atoms with Gasteiger partial charge in [-0.05, 0) is 24.2 Å². The van der Waals surface area contributed by atoms with Gasteiger partial charge in [0, 0.05) is 18.2 Å². The third-order valence-corrected chi connectivity index (χ3v) is 3.18. The van der Waals surface area contributed by atoms with Gasteiger partial charge in [-0.1, -0.05) is 26.0 Å². The summed E-state index contributed by atoms with van der Waals surface area (Å²) in [5, 5.41) is 10.2. The lowest BCUT2D eigenvalue weighted by molar-refractivity contribution is -0.119. The maximum Gasteiger partial charge on any atom is 0.228 e. The first-order chi connectivity index (χ1) is 10.2. The Labute approximate surface area is 124 Å². The number of nitrogens with one attached hydrogen (secondary N) is 2. The van der Waals surface area contributed by atoms with Crippen molar-refractivity contribution in [2.75, 3.05) is 18.4 Å². The second kappa shape index (κ2) is 7.54. The summed E-state index contributed by atoms with van der Waals surface area (Å²) in [4.78, 5) is 15.9. The van der Waals surface area contributed by atoms with Crippen LogP contribution < -0.4 is 10.6 Å². The second-order valence-corrected chi connectivity index (χ2v) is 4.99. The quantitative estimate of drug-likeness (QED) is 0.809. The van der Waals surface area contributed by atoms with Gasteiger partial charge in [0.2, 0.25) is 5.91 Å². The van der Waals surface area contributed by atoms with Gasteiger partial charge in [-0.15, -0.1) is 0 Å². The van der Waals surface area contributed by atoms with Crippen LogP contribution in [0.4, 0.5) is 5.69 Å². The molecule has 1 unspecified atom stereocenters. The predicted molar refractivity (Wildman–Crippen MR) is 81.9 cm³/mol. The van der Waals surface area contributed by atoms with Crippen LogP contribution in [0.1, 0.15) is 19.4 Å². The number of benzene rings is 1. The smallest absolute Gasteiger partial charge is 0.228 e.